The number of rotatable bonds is 4. The minimum atomic E-state index is -0.321. The van der Waals surface area contributed by atoms with Crippen LogP contribution in [0.3, 0.4) is 0 Å². The Morgan fingerprint density at radius 3 is 2.96 bits per heavy atom. The Labute approximate surface area is 137 Å². The van der Waals surface area contributed by atoms with Crippen molar-refractivity contribution in [3.8, 4) is 11.3 Å². The van der Waals surface area contributed by atoms with Crippen molar-refractivity contribution in [1.82, 2.24) is 25.1 Å². The Hall–Kier alpha value is -2.74. The van der Waals surface area contributed by atoms with Gasteiger partial charge in [-0.2, -0.15) is 5.10 Å². The average molecular weight is 328 g/mol. The van der Waals surface area contributed by atoms with Gasteiger partial charge in [0.2, 0.25) is 0 Å². The second-order valence-electron chi connectivity index (χ2n) is 4.99. The van der Waals surface area contributed by atoms with Crippen LogP contribution in [0.15, 0.2) is 36.1 Å². The maximum absolute atomic E-state index is 12.1. The predicted octanol–water partition coefficient (Wildman–Crippen LogP) is 2.57. The summed E-state index contributed by atoms with van der Waals surface area (Å²) in [4.78, 5) is 21.7. The molecule has 0 unspecified atom stereocenters. The smallest absolute Gasteiger partial charge is 0.319 e. The van der Waals surface area contributed by atoms with Crippen molar-refractivity contribution in [3.05, 3.63) is 46.8 Å². The summed E-state index contributed by atoms with van der Waals surface area (Å²) in [5.74, 6) is 0.558. The van der Waals surface area contributed by atoms with Crippen LogP contribution in [-0.2, 0) is 13.6 Å². The number of carbonyl (C=O) groups excluding carboxylic acids is 1. The number of hydrogen-bond acceptors (Lipinski definition) is 5. The summed E-state index contributed by atoms with van der Waals surface area (Å²) < 4.78 is 1.59. The number of thiophene rings is 1. The molecule has 0 aliphatic carbocycles. The van der Waals surface area contributed by atoms with E-state index in [2.05, 4.69) is 25.7 Å². The number of amides is 2. The average Bonchev–Trinajstić information content (AvgIpc) is 3.14. The summed E-state index contributed by atoms with van der Waals surface area (Å²) in [7, 11) is 1.78. The van der Waals surface area contributed by atoms with Gasteiger partial charge in [0, 0.05) is 29.1 Å². The SMILES string of the molecule is Cc1cc(-c2ncccc2NC(=O)NCc2ncn(C)n2)cs1. The maximum atomic E-state index is 12.1. The lowest BCUT2D eigenvalue weighted by Gasteiger charge is -2.09. The maximum Gasteiger partial charge on any atom is 0.319 e. The Kier molecular flexibility index (Phi) is 4.33. The third-order valence-electron chi connectivity index (χ3n) is 3.11. The first-order valence-electron chi connectivity index (χ1n) is 7.02. The van der Waals surface area contributed by atoms with Gasteiger partial charge in [0.1, 0.15) is 6.33 Å². The standard InChI is InChI=1S/C15H16N6OS/c1-10-6-11(8-23-10)14-12(4-3-5-16-14)19-15(22)17-7-13-18-9-21(2)20-13/h3-6,8-9H,7H2,1-2H3,(H2,17,19,22). The number of aryl methyl sites for hydroxylation is 2. The molecule has 3 rings (SSSR count). The summed E-state index contributed by atoms with van der Waals surface area (Å²) in [5.41, 5.74) is 2.41. The molecule has 0 saturated carbocycles. The van der Waals surface area contributed by atoms with E-state index < -0.39 is 0 Å². The number of aromatic nitrogens is 4. The van der Waals surface area contributed by atoms with Gasteiger partial charge < -0.3 is 10.6 Å². The Morgan fingerprint density at radius 1 is 1.39 bits per heavy atom. The highest BCUT2D eigenvalue weighted by atomic mass is 32.1. The van der Waals surface area contributed by atoms with Crippen LogP contribution in [0.4, 0.5) is 10.5 Å². The molecular formula is C15H16N6OS. The minimum absolute atomic E-state index is 0.264. The van der Waals surface area contributed by atoms with Crippen molar-refractivity contribution in [1.29, 1.82) is 0 Å². The van der Waals surface area contributed by atoms with Crippen LogP contribution in [0.5, 0.6) is 0 Å². The van der Waals surface area contributed by atoms with Crippen LogP contribution in [0.1, 0.15) is 10.7 Å². The van der Waals surface area contributed by atoms with E-state index in [9.17, 15) is 4.79 Å². The van der Waals surface area contributed by atoms with Crippen molar-refractivity contribution in [2.24, 2.45) is 7.05 Å². The van der Waals surface area contributed by atoms with E-state index in [1.807, 2.05) is 24.4 Å². The Balaban J connectivity index is 1.69. The molecule has 0 aliphatic heterocycles. The second kappa shape index (κ2) is 6.57. The summed E-state index contributed by atoms with van der Waals surface area (Å²) in [6.07, 6.45) is 3.30. The van der Waals surface area contributed by atoms with Gasteiger partial charge in [-0.3, -0.25) is 9.67 Å². The lowest BCUT2D eigenvalue weighted by atomic mass is 10.2. The van der Waals surface area contributed by atoms with E-state index in [4.69, 9.17) is 0 Å². The monoisotopic (exact) mass is 328 g/mol. The molecular weight excluding hydrogens is 312 g/mol. The van der Waals surface area contributed by atoms with Crippen molar-refractivity contribution in [3.63, 3.8) is 0 Å². The zero-order valence-electron chi connectivity index (χ0n) is 12.8. The molecule has 3 aromatic rings. The first kappa shape index (κ1) is 15.2. The number of nitrogens with one attached hydrogen (secondary N) is 2. The van der Waals surface area contributed by atoms with Crippen LogP contribution in [0, 0.1) is 6.92 Å². The van der Waals surface area contributed by atoms with Crippen molar-refractivity contribution >= 4 is 23.1 Å². The summed E-state index contributed by atoms with van der Waals surface area (Å²) in [5, 5.41) is 11.7. The van der Waals surface area contributed by atoms with E-state index in [0.29, 0.717) is 11.5 Å². The molecule has 7 nitrogen and oxygen atoms in total. The third kappa shape index (κ3) is 3.72. The highest BCUT2D eigenvalue weighted by Gasteiger charge is 2.11. The van der Waals surface area contributed by atoms with E-state index in [0.717, 1.165) is 11.3 Å². The van der Waals surface area contributed by atoms with Gasteiger partial charge >= 0.3 is 6.03 Å². The van der Waals surface area contributed by atoms with Crippen LogP contribution in [0.2, 0.25) is 0 Å². The quantitative estimate of drug-likeness (QED) is 0.771. The number of hydrogen-bond donors (Lipinski definition) is 2. The fraction of sp³-hybridized carbons (Fsp3) is 0.200. The van der Waals surface area contributed by atoms with Gasteiger partial charge in [0.25, 0.3) is 0 Å². The van der Waals surface area contributed by atoms with Crippen LogP contribution in [-0.4, -0.2) is 25.8 Å². The van der Waals surface area contributed by atoms with Crippen LogP contribution in [0.25, 0.3) is 11.3 Å². The summed E-state index contributed by atoms with van der Waals surface area (Å²) in [6, 6.07) is 5.35. The largest absolute Gasteiger partial charge is 0.330 e. The number of nitrogens with zero attached hydrogens (tertiary/aromatic N) is 4. The third-order valence-corrected chi connectivity index (χ3v) is 3.98. The molecule has 0 fully saturated rings. The fourth-order valence-corrected chi connectivity index (χ4v) is 2.78. The normalized spacial score (nSPS) is 10.5. The lowest BCUT2D eigenvalue weighted by Crippen LogP contribution is -2.29. The summed E-state index contributed by atoms with van der Waals surface area (Å²) >= 11 is 1.65. The van der Waals surface area contributed by atoms with Gasteiger partial charge in [0.15, 0.2) is 5.82 Å². The van der Waals surface area contributed by atoms with Gasteiger partial charge in [-0.25, -0.2) is 9.78 Å². The number of pyridine rings is 1. The highest BCUT2D eigenvalue weighted by molar-refractivity contribution is 7.10. The molecule has 2 amide bonds. The first-order valence-corrected chi connectivity index (χ1v) is 7.89. The van der Waals surface area contributed by atoms with Crippen LogP contribution >= 0.6 is 11.3 Å². The molecule has 8 heteroatoms. The van der Waals surface area contributed by atoms with E-state index in [-0.39, 0.29) is 12.6 Å². The van der Waals surface area contributed by atoms with Crippen molar-refractivity contribution in [2.45, 2.75) is 13.5 Å². The molecule has 3 aromatic heterocycles. The highest BCUT2D eigenvalue weighted by Crippen LogP contribution is 2.29. The zero-order chi connectivity index (χ0) is 16.2. The van der Waals surface area contributed by atoms with Gasteiger partial charge in [-0.05, 0) is 25.1 Å². The predicted molar refractivity (Wildman–Crippen MR) is 89.1 cm³/mol. The van der Waals surface area contributed by atoms with Gasteiger partial charge in [-0.1, -0.05) is 0 Å². The molecule has 23 heavy (non-hydrogen) atoms. The lowest BCUT2D eigenvalue weighted by molar-refractivity contribution is 0.251. The van der Waals surface area contributed by atoms with E-state index >= 15 is 0 Å². The summed E-state index contributed by atoms with van der Waals surface area (Å²) in [6.45, 7) is 2.30. The van der Waals surface area contributed by atoms with Gasteiger partial charge in [-0.15, -0.1) is 11.3 Å². The topological polar surface area (TPSA) is 84.7 Å². The fourth-order valence-electron chi connectivity index (χ4n) is 2.09. The zero-order valence-corrected chi connectivity index (χ0v) is 13.6. The molecule has 0 spiro atoms. The molecule has 0 atom stereocenters. The van der Waals surface area contributed by atoms with E-state index in [1.165, 1.54) is 4.88 Å². The number of anilines is 1. The molecule has 0 saturated heterocycles. The second-order valence-corrected chi connectivity index (χ2v) is 6.10. The minimum Gasteiger partial charge on any atom is -0.330 e. The van der Waals surface area contributed by atoms with Crippen molar-refractivity contribution < 1.29 is 4.79 Å². The van der Waals surface area contributed by atoms with Crippen LogP contribution < -0.4 is 10.6 Å². The molecule has 0 aromatic carbocycles. The van der Waals surface area contributed by atoms with Gasteiger partial charge in [0.05, 0.1) is 17.9 Å². The number of urea groups is 1. The number of carbonyl (C=O) groups is 1. The molecule has 118 valence electrons. The van der Waals surface area contributed by atoms with Crippen molar-refractivity contribution in [2.75, 3.05) is 5.32 Å². The molecule has 2 N–H and O–H groups in total. The molecule has 0 radical (unpaired) electrons. The first-order chi connectivity index (χ1) is 11.1. The Bertz CT molecular complexity index is 825. The van der Waals surface area contributed by atoms with E-state index in [1.54, 1.807) is 41.7 Å². The Morgan fingerprint density at radius 2 is 2.26 bits per heavy atom. The molecule has 0 bridgehead atoms. The molecule has 0 aliphatic rings. The molecule has 3 heterocycles.